The third-order valence-electron chi connectivity index (χ3n) is 8.82. The first-order valence-corrected chi connectivity index (χ1v) is 14.6. The summed E-state index contributed by atoms with van der Waals surface area (Å²) < 4.78 is 6.89. The molecule has 2 heteroatoms. The zero-order valence-corrected chi connectivity index (χ0v) is 22.5. The number of hydrogen-bond donors (Lipinski definition) is 1. The van der Waals surface area contributed by atoms with Gasteiger partial charge in [-0.2, -0.15) is 0 Å². The van der Waals surface area contributed by atoms with Gasteiger partial charge in [-0.05, 0) is 69.6 Å². The number of benzene rings is 6. The van der Waals surface area contributed by atoms with Gasteiger partial charge in [0, 0.05) is 22.0 Å². The molecule has 7 aromatic rings. The van der Waals surface area contributed by atoms with E-state index in [4.69, 9.17) is 4.42 Å². The molecule has 8 rings (SSSR count). The van der Waals surface area contributed by atoms with Gasteiger partial charge in [0.1, 0.15) is 5.58 Å². The lowest BCUT2D eigenvalue weighted by Crippen LogP contribution is -2.04. The molecule has 1 aliphatic carbocycles. The van der Waals surface area contributed by atoms with Crippen molar-refractivity contribution in [1.82, 2.24) is 0 Å². The molecule has 40 heavy (non-hydrogen) atoms. The SMILES string of the molecule is c1ccc(-c2ccc3ccccc3c2)c(Nc2cc3ccccc3c3c2oc2c(C4CCCCC4)cccc23)c1. The van der Waals surface area contributed by atoms with Crippen LogP contribution in [0.25, 0.3) is 54.6 Å². The number of nitrogens with one attached hydrogen (secondary N) is 1. The van der Waals surface area contributed by atoms with Gasteiger partial charge in [0.2, 0.25) is 0 Å². The standard InChI is InChI=1S/C38H31NO/c1-2-12-26(13-3-1)32-18-10-19-33-36-31-17-7-6-15-28(31)24-35(38(36)40-37(32)33)39-34-20-9-8-16-30(34)29-22-21-25-11-4-5-14-27(25)23-29/h4-11,14-24,26,39H,1-3,12-13H2. The van der Waals surface area contributed by atoms with Crippen LogP contribution in [0.1, 0.15) is 43.6 Å². The van der Waals surface area contributed by atoms with Crippen molar-refractivity contribution in [2.24, 2.45) is 0 Å². The maximum Gasteiger partial charge on any atom is 0.159 e. The molecule has 1 heterocycles. The normalized spacial score (nSPS) is 14.4. The summed E-state index contributed by atoms with van der Waals surface area (Å²) in [6, 6.07) is 41.5. The second-order valence-corrected chi connectivity index (χ2v) is 11.2. The quantitative estimate of drug-likeness (QED) is 0.251. The van der Waals surface area contributed by atoms with Crippen LogP contribution >= 0.6 is 0 Å². The number of para-hydroxylation sites is 2. The van der Waals surface area contributed by atoms with E-state index < -0.39 is 0 Å². The van der Waals surface area contributed by atoms with Crippen molar-refractivity contribution >= 4 is 54.9 Å². The third kappa shape index (κ3) is 3.86. The molecule has 0 atom stereocenters. The average molecular weight is 518 g/mol. The molecule has 0 amide bonds. The van der Waals surface area contributed by atoms with E-state index in [0.29, 0.717) is 5.92 Å². The molecule has 1 aromatic heterocycles. The van der Waals surface area contributed by atoms with E-state index in [1.54, 1.807) is 0 Å². The first-order valence-electron chi connectivity index (χ1n) is 14.6. The Morgan fingerprint density at radius 2 is 1.30 bits per heavy atom. The predicted octanol–water partition coefficient (Wildman–Crippen LogP) is 11.4. The molecule has 6 aromatic carbocycles. The Morgan fingerprint density at radius 3 is 2.20 bits per heavy atom. The van der Waals surface area contributed by atoms with Crippen molar-refractivity contribution in [1.29, 1.82) is 0 Å². The van der Waals surface area contributed by atoms with Crippen molar-refractivity contribution in [2.75, 3.05) is 5.32 Å². The Kier molecular flexibility index (Phi) is 5.58. The van der Waals surface area contributed by atoms with Crippen molar-refractivity contribution in [3.63, 3.8) is 0 Å². The van der Waals surface area contributed by atoms with Crippen LogP contribution in [0, 0.1) is 0 Å². The molecule has 0 unspecified atom stereocenters. The van der Waals surface area contributed by atoms with E-state index in [0.717, 1.165) is 22.5 Å². The van der Waals surface area contributed by atoms with Crippen LogP contribution in [0.5, 0.6) is 0 Å². The van der Waals surface area contributed by atoms with Gasteiger partial charge in [0.25, 0.3) is 0 Å². The van der Waals surface area contributed by atoms with Crippen LogP contribution < -0.4 is 5.32 Å². The molecule has 1 saturated carbocycles. The number of anilines is 2. The third-order valence-corrected chi connectivity index (χ3v) is 8.82. The first-order chi connectivity index (χ1) is 19.8. The van der Waals surface area contributed by atoms with Crippen LogP contribution in [-0.2, 0) is 0 Å². The molecule has 0 radical (unpaired) electrons. The summed E-state index contributed by atoms with van der Waals surface area (Å²) in [5.41, 5.74) is 7.82. The molecule has 0 aliphatic heterocycles. The highest BCUT2D eigenvalue weighted by atomic mass is 16.3. The lowest BCUT2D eigenvalue weighted by Gasteiger charge is -2.21. The van der Waals surface area contributed by atoms with Gasteiger partial charge >= 0.3 is 0 Å². The molecule has 0 saturated heterocycles. The van der Waals surface area contributed by atoms with Gasteiger partial charge in [-0.15, -0.1) is 0 Å². The second kappa shape index (κ2) is 9.57. The number of furan rings is 1. The monoisotopic (exact) mass is 517 g/mol. The minimum absolute atomic E-state index is 0.578. The fraction of sp³-hybridized carbons (Fsp3) is 0.158. The molecule has 0 spiro atoms. The highest BCUT2D eigenvalue weighted by Gasteiger charge is 2.23. The van der Waals surface area contributed by atoms with Crippen LogP contribution in [0.2, 0.25) is 0 Å². The molecule has 0 bridgehead atoms. The highest BCUT2D eigenvalue weighted by Crippen LogP contribution is 2.45. The van der Waals surface area contributed by atoms with Crippen LogP contribution in [0.3, 0.4) is 0 Å². The van der Waals surface area contributed by atoms with E-state index in [2.05, 4.69) is 121 Å². The minimum atomic E-state index is 0.578. The Hall–Kier alpha value is -4.56. The van der Waals surface area contributed by atoms with Crippen molar-refractivity contribution in [2.45, 2.75) is 38.0 Å². The predicted molar refractivity (Wildman–Crippen MR) is 170 cm³/mol. The average Bonchev–Trinajstić information content (AvgIpc) is 3.42. The zero-order valence-electron chi connectivity index (χ0n) is 22.5. The molecule has 1 fully saturated rings. The topological polar surface area (TPSA) is 25.2 Å². The smallest absolute Gasteiger partial charge is 0.159 e. The molecular formula is C38H31NO. The number of hydrogen-bond acceptors (Lipinski definition) is 2. The fourth-order valence-electron chi connectivity index (χ4n) is 6.84. The summed E-state index contributed by atoms with van der Waals surface area (Å²) in [4.78, 5) is 0. The van der Waals surface area contributed by atoms with Crippen LogP contribution in [0.15, 0.2) is 120 Å². The van der Waals surface area contributed by atoms with Crippen LogP contribution in [0.4, 0.5) is 11.4 Å². The second-order valence-electron chi connectivity index (χ2n) is 11.2. The molecule has 1 aliphatic rings. The van der Waals surface area contributed by atoms with Crippen molar-refractivity contribution in [3.8, 4) is 11.1 Å². The van der Waals surface area contributed by atoms with Gasteiger partial charge in [0.15, 0.2) is 5.58 Å². The lowest BCUT2D eigenvalue weighted by atomic mass is 9.83. The Balaban J connectivity index is 1.32. The van der Waals surface area contributed by atoms with E-state index in [1.165, 1.54) is 81.1 Å². The summed E-state index contributed by atoms with van der Waals surface area (Å²) in [6.07, 6.45) is 6.47. The van der Waals surface area contributed by atoms with E-state index in [-0.39, 0.29) is 0 Å². The molecule has 1 N–H and O–H groups in total. The lowest BCUT2D eigenvalue weighted by molar-refractivity contribution is 0.442. The van der Waals surface area contributed by atoms with Gasteiger partial charge in [-0.25, -0.2) is 0 Å². The largest absolute Gasteiger partial charge is 0.454 e. The van der Waals surface area contributed by atoms with Crippen LogP contribution in [-0.4, -0.2) is 0 Å². The van der Waals surface area contributed by atoms with Gasteiger partial charge in [-0.1, -0.05) is 116 Å². The van der Waals surface area contributed by atoms with E-state index in [1.807, 2.05) is 0 Å². The molecule has 2 nitrogen and oxygen atoms in total. The molecular weight excluding hydrogens is 486 g/mol. The molecule has 194 valence electrons. The number of fused-ring (bicyclic) bond motifs is 6. The zero-order chi connectivity index (χ0) is 26.5. The van der Waals surface area contributed by atoms with Gasteiger partial charge in [-0.3, -0.25) is 0 Å². The maximum atomic E-state index is 6.89. The van der Waals surface area contributed by atoms with Crippen molar-refractivity contribution < 1.29 is 4.42 Å². The summed E-state index contributed by atoms with van der Waals surface area (Å²) in [7, 11) is 0. The highest BCUT2D eigenvalue weighted by molar-refractivity contribution is 6.22. The summed E-state index contributed by atoms with van der Waals surface area (Å²) >= 11 is 0. The maximum absolute atomic E-state index is 6.89. The van der Waals surface area contributed by atoms with Gasteiger partial charge < -0.3 is 9.73 Å². The Morgan fingerprint density at radius 1 is 0.550 bits per heavy atom. The van der Waals surface area contributed by atoms with E-state index >= 15 is 0 Å². The number of rotatable bonds is 4. The van der Waals surface area contributed by atoms with Gasteiger partial charge in [0.05, 0.1) is 5.69 Å². The fourth-order valence-corrected chi connectivity index (χ4v) is 6.84. The Bertz CT molecular complexity index is 2030. The Labute approximate surface area is 234 Å². The minimum Gasteiger partial charge on any atom is -0.454 e. The summed E-state index contributed by atoms with van der Waals surface area (Å²) in [6.45, 7) is 0. The summed E-state index contributed by atoms with van der Waals surface area (Å²) in [5.74, 6) is 0.578. The summed E-state index contributed by atoms with van der Waals surface area (Å²) in [5, 5.41) is 11.2. The first kappa shape index (κ1) is 23.3. The van der Waals surface area contributed by atoms with E-state index in [9.17, 15) is 0 Å². The van der Waals surface area contributed by atoms with Crippen molar-refractivity contribution in [3.05, 3.63) is 121 Å².